The number of rotatable bonds is 4. The van der Waals surface area contributed by atoms with E-state index in [1.165, 1.54) is 6.33 Å². The number of carbonyl (C=O) groups excluding carboxylic acids is 1. The first-order valence-corrected chi connectivity index (χ1v) is 5.99. The Morgan fingerprint density at radius 2 is 2.24 bits per heavy atom. The van der Waals surface area contributed by atoms with Crippen LogP contribution in [-0.2, 0) is 7.05 Å². The lowest BCUT2D eigenvalue weighted by atomic mass is 10.1. The molecule has 0 spiro atoms. The fraction of sp³-hybridized carbons (Fsp3) is 0.250. The first-order valence-electron chi connectivity index (χ1n) is 5.99. The minimum Gasteiger partial charge on any atom is -0.342 e. The van der Waals surface area contributed by atoms with E-state index in [0.717, 1.165) is 18.2 Å². The summed E-state index contributed by atoms with van der Waals surface area (Å²) in [7, 11) is 1.70. The standard InChI is InChI=1S/C12H12FN5O3/c1-7(11-16-14-6-17(11)2)15-12(19)9-5-8(13)3-4-10(9)18(20)21/h3-7H,1-2H3,(H,15,19). The number of hydrogen-bond acceptors (Lipinski definition) is 5. The minimum absolute atomic E-state index is 0.339. The van der Waals surface area contributed by atoms with Crippen LogP contribution in [0.2, 0.25) is 0 Å². The molecule has 1 unspecified atom stereocenters. The molecule has 1 aromatic carbocycles. The molecule has 1 heterocycles. The van der Waals surface area contributed by atoms with Gasteiger partial charge in [0, 0.05) is 13.1 Å². The molecule has 1 N–H and O–H groups in total. The third kappa shape index (κ3) is 3.02. The summed E-state index contributed by atoms with van der Waals surface area (Å²) in [5.41, 5.74) is -0.798. The Bertz CT molecular complexity index is 700. The van der Waals surface area contributed by atoms with E-state index in [1.54, 1.807) is 18.5 Å². The Morgan fingerprint density at radius 1 is 1.52 bits per heavy atom. The largest absolute Gasteiger partial charge is 0.342 e. The van der Waals surface area contributed by atoms with Crippen LogP contribution in [0.4, 0.5) is 10.1 Å². The van der Waals surface area contributed by atoms with Gasteiger partial charge in [0.05, 0.1) is 11.0 Å². The molecule has 9 heteroatoms. The van der Waals surface area contributed by atoms with Gasteiger partial charge < -0.3 is 9.88 Å². The van der Waals surface area contributed by atoms with E-state index >= 15 is 0 Å². The molecule has 21 heavy (non-hydrogen) atoms. The number of aryl methyl sites for hydroxylation is 1. The van der Waals surface area contributed by atoms with Gasteiger partial charge in [-0.3, -0.25) is 14.9 Å². The summed E-state index contributed by atoms with van der Waals surface area (Å²) in [6.07, 6.45) is 1.46. The van der Waals surface area contributed by atoms with Gasteiger partial charge in [-0.25, -0.2) is 4.39 Å². The van der Waals surface area contributed by atoms with Gasteiger partial charge in [0.1, 0.15) is 17.7 Å². The number of amides is 1. The number of carbonyl (C=O) groups is 1. The number of nitro groups is 1. The summed E-state index contributed by atoms with van der Waals surface area (Å²) < 4.78 is 14.8. The monoisotopic (exact) mass is 293 g/mol. The highest BCUT2D eigenvalue weighted by Gasteiger charge is 2.23. The third-order valence-corrected chi connectivity index (χ3v) is 2.88. The normalized spacial score (nSPS) is 12.0. The molecular weight excluding hydrogens is 281 g/mol. The van der Waals surface area contributed by atoms with E-state index in [0.29, 0.717) is 5.82 Å². The van der Waals surface area contributed by atoms with Crippen LogP contribution in [0.15, 0.2) is 24.5 Å². The third-order valence-electron chi connectivity index (χ3n) is 2.88. The first kappa shape index (κ1) is 14.6. The van der Waals surface area contributed by atoms with Gasteiger partial charge >= 0.3 is 0 Å². The summed E-state index contributed by atoms with van der Waals surface area (Å²) in [4.78, 5) is 22.2. The number of benzene rings is 1. The smallest absolute Gasteiger partial charge is 0.282 e. The maximum absolute atomic E-state index is 13.2. The van der Waals surface area contributed by atoms with Crippen LogP contribution in [-0.4, -0.2) is 25.6 Å². The number of aromatic nitrogens is 3. The zero-order valence-corrected chi connectivity index (χ0v) is 11.3. The number of nitro benzene ring substituents is 1. The Balaban J connectivity index is 2.27. The second-order valence-electron chi connectivity index (χ2n) is 4.41. The van der Waals surface area contributed by atoms with Crippen molar-refractivity contribution in [2.24, 2.45) is 7.05 Å². The van der Waals surface area contributed by atoms with Gasteiger partial charge in [-0.15, -0.1) is 10.2 Å². The van der Waals surface area contributed by atoms with Crippen LogP contribution in [0.3, 0.4) is 0 Å². The van der Waals surface area contributed by atoms with Crippen molar-refractivity contribution in [1.29, 1.82) is 0 Å². The van der Waals surface area contributed by atoms with E-state index in [1.807, 2.05) is 0 Å². The van der Waals surface area contributed by atoms with Crippen molar-refractivity contribution in [3.8, 4) is 0 Å². The number of nitrogens with zero attached hydrogens (tertiary/aromatic N) is 4. The predicted molar refractivity (Wildman–Crippen MR) is 69.9 cm³/mol. The molecule has 0 radical (unpaired) electrons. The summed E-state index contributed by atoms with van der Waals surface area (Å²) in [5, 5.41) is 20.9. The van der Waals surface area contributed by atoms with Crippen molar-refractivity contribution < 1.29 is 14.1 Å². The fourth-order valence-corrected chi connectivity index (χ4v) is 1.87. The molecule has 1 amide bonds. The summed E-state index contributed by atoms with van der Waals surface area (Å²) >= 11 is 0. The van der Waals surface area contributed by atoms with E-state index in [4.69, 9.17) is 0 Å². The molecule has 2 aromatic rings. The summed E-state index contributed by atoms with van der Waals surface area (Å²) in [6, 6.07) is 2.18. The van der Waals surface area contributed by atoms with Crippen molar-refractivity contribution >= 4 is 11.6 Å². The second-order valence-corrected chi connectivity index (χ2v) is 4.41. The maximum atomic E-state index is 13.2. The zero-order valence-electron chi connectivity index (χ0n) is 11.3. The van der Waals surface area contributed by atoms with E-state index in [2.05, 4.69) is 15.5 Å². The van der Waals surface area contributed by atoms with Crippen molar-refractivity contribution in [1.82, 2.24) is 20.1 Å². The van der Waals surface area contributed by atoms with Crippen LogP contribution >= 0.6 is 0 Å². The molecule has 0 saturated heterocycles. The second kappa shape index (κ2) is 5.65. The van der Waals surface area contributed by atoms with Crippen molar-refractivity contribution in [3.63, 3.8) is 0 Å². The van der Waals surface area contributed by atoms with Gasteiger partial charge in [0.25, 0.3) is 11.6 Å². The van der Waals surface area contributed by atoms with Crippen molar-refractivity contribution in [2.45, 2.75) is 13.0 Å². The van der Waals surface area contributed by atoms with Crippen LogP contribution < -0.4 is 5.32 Å². The Kier molecular flexibility index (Phi) is 3.92. The quantitative estimate of drug-likeness (QED) is 0.677. The molecule has 0 aliphatic carbocycles. The number of nitrogens with one attached hydrogen (secondary N) is 1. The number of halogens is 1. The Morgan fingerprint density at radius 3 is 2.81 bits per heavy atom. The molecule has 0 saturated carbocycles. The lowest BCUT2D eigenvalue weighted by molar-refractivity contribution is -0.385. The van der Waals surface area contributed by atoms with E-state index < -0.39 is 28.4 Å². The lowest BCUT2D eigenvalue weighted by Crippen LogP contribution is -2.29. The van der Waals surface area contributed by atoms with Gasteiger partial charge in [-0.05, 0) is 19.1 Å². The van der Waals surface area contributed by atoms with Crippen molar-refractivity contribution in [2.75, 3.05) is 0 Å². The first-order chi connectivity index (χ1) is 9.90. The molecule has 0 aliphatic rings. The average Bonchev–Trinajstić information content (AvgIpc) is 2.84. The maximum Gasteiger partial charge on any atom is 0.282 e. The topological polar surface area (TPSA) is 103 Å². The lowest BCUT2D eigenvalue weighted by Gasteiger charge is -2.13. The molecule has 0 aliphatic heterocycles. The van der Waals surface area contributed by atoms with E-state index in [-0.39, 0.29) is 5.56 Å². The predicted octanol–water partition coefficient (Wildman–Crippen LogP) is 1.35. The fourth-order valence-electron chi connectivity index (χ4n) is 1.87. The van der Waals surface area contributed by atoms with E-state index in [9.17, 15) is 19.3 Å². The molecule has 1 aromatic heterocycles. The van der Waals surface area contributed by atoms with Crippen LogP contribution in [0.5, 0.6) is 0 Å². The summed E-state index contributed by atoms with van der Waals surface area (Å²) in [5.74, 6) is -1.00. The Hall–Kier alpha value is -2.84. The summed E-state index contributed by atoms with van der Waals surface area (Å²) in [6.45, 7) is 1.65. The van der Waals surface area contributed by atoms with Gasteiger partial charge in [0.15, 0.2) is 5.82 Å². The highest BCUT2D eigenvalue weighted by Crippen LogP contribution is 2.20. The highest BCUT2D eigenvalue weighted by molar-refractivity contribution is 5.98. The SMILES string of the molecule is CC(NC(=O)c1cc(F)ccc1[N+](=O)[O-])c1nncn1C. The molecule has 0 bridgehead atoms. The molecular formula is C12H12FN5O3. The highest BCUT2D eigenvalue weighted by atomic mass is 19.1. The van der Waals surface area contributed by atoms with Crippen LogP contribution in [0.1, 0.15) is 29.1 Å². The van der Waals surface area contributed by atoms with Gasteiger partial charge in [-0.1, -0.05) is 0 Å². The molecule has 1 atom stereocenters. The average molecular weight is 293 g/mol. The molecule has 2 rings (SSSR count). The minimum atomic E-state index is -0.753. The van der Waals surface area contributed by atoms with Gasteiger partial charge in [-0.2, -0.15) is 0 Å². The molecule has 110 valence electrons. The van der Waals surface area contributed by atoms with Crippen LogP contribution in [0.25, 0.3) is 0 Å². The number of hydrogen-bond donors (Lipinski definition) is 1. The Labute approximate surface area is 118 Å². The zero-order chi connectivity index (χ0) is 15.6. The van der Waals surface area contributed by atoms with Crippen LogP contribution in [0, 0.1) is 15.9 Å². The van der Waals surface area contributed by atoms with Crippen molar-refractivity contribution in [3.05, 3.63) is 51.8 Å². The molecule has 8 nitrogen and oxygen atoms in total. The molecule has 0 fully saturated rings. The van der Waals surface area contributed by atoms with Gasteiger partial charge in [0.2, 0.25) is 0 Å².